The molecule has 1 unspecified atom stereocenters. The normalized spacial score (nSPS) is 13.5. The standard InChI is InChI=1S/C9H16O5/c1-4-14-7(11)5-6(10)8(12)9(2,3)13/h6,10,13H,4-5H2,1-3H3. The first kappa shape index (κ1) is 13.1. The molecule has 82 valence electrons. The minimum absolute atomic E-state index is 0.197. The predicted molar refractivity (Wildman–Crippen MR) is 48.6 cm³/mol. The molecule has 0 aromatic rings. The molecule has 1 atom stereocenters. The van der Waals surface area contributed by atoms with Gasteiger partial charge in [0.1, 0.15) is 11.7 Å². The number of ketones is 1. The summed E-state index contributed by atoms with van der Waals surface area (Å²) < 4.78 is 4.54. The second-order valence-electron chi connectivity index (χ2n) is 3.45. The lowest BCUT2D eigenvalue weighted by atomic mass is 9.97. The Balaban J connectivity index is 4.15. The van der Waals surface area contributed by atoms with E-state index in [1.807, 2.05) is 0 Å². The van der Waals surface area contributed by atoms with Crippen molar-refractivity contribution in [3.63, 3.8) is 0 Å². The zero-order valence-corrected chi connectivity index (χ0v) is 8.61. The van der Waals surface area contributed by atoms with Gasteiger partial charge < -0.3 is 14.9 Å². The molecule has 0 aliphatic rings. The number of Topliss-reactive ketones (excluding diaryl/α,β-unsaturated/α-hetero) is 1. The summed E-state index contributed by atoms with van der Waals surface area (Å²) in [6.07, 6.45) is -1.93. The maximum atomic E-state index is 11.2. The topological polar surface area (TPSA) is 83.8 Å². The molecule has 0 saturated heterocycles. The molecule has 0 aliphatic heterocycles. The number of aliphatic hydroxyl groups excluding tert-OH is 1. The summed E-state index contributed by atoms with van der Waals surface area (Å²) in [6.45, 7) is 4.33. The molecule has 0 aromatic heterocycles. The summed E-state index contributed by atoms with van der Waals surface area (Å²) in [5.41, 5.74) is -1.63. The van der Waals surface area contributed by atoms with Crippen molar-refractivity contribution < 1.29 is 24.5 Å². The van der Waals surface area contributed by atoms with Gasteiger partial charge in [-0.15, -0.1) is 0 Å². The van der Waals surface area contributed by atoms with Crippen molar-refractivity contribution in [1.82, 2.24) is 0 Å². The first-order chi connectivity index (χ1) is 6.29. The molecule has 14 heavy (non-hydrogen) atoms. The molecule has 5 heteroatoms. The molecule has 2 N–H and O–H groups in total. The molecule has 0 heterocycles. The van der Waals surface area contributed by atoms with Gasteiger partial charge in [-0.05, 0) is 20.8 Å². The van der Waals surface area contributed by atoms with Crippen molar-refractivity contribution in [3.8, 4) is 0 Å². The number of hydrogen-bond acceptors (Lipinski definition) is 5. The maximum Gasteiger partial charge on any atom is 0.308 e. The van der Waals surface area contributed by atoms with Crippen molar-refractivity contribution in [2.75, 3.05) is 6.61 Å². The van der Waals surface area contributed by atoms with Gasteiger partial charge in [-0.25, -0.2) is 0 Å². The van der Waals surface area contributed by atoms with E-state index < -0.39 is 29.9 Å². The molecular weight excluding hydrogens is 188 g/mol. The lowest BCUT2D eigenvalue weighted by molar-refractivity contribution is -0.153. The third-order valence-electron chi connectivity index (χ3n) is 1.57. The minimum Gasteiger partial charge on any atom is -0.466 e. The van der Waals surface area contributed by atoms with Crippen LogP contribution in [0.25, 0.3) is 0 Å². The molecule has 0 saturated carbocycles. The zero-order valence-electron chi connectivity index (χ0n) is 8.61. The average Bonchev–Trinajstić information content (AvgIpc) is 2.01. The molecule has 0 amide bonds. The summed E-state index contributed by atoms with van der Waals surface area (Å²) in [7, 11) is 0. The fourth-order valence-electron chi connectivity index (χ4n) is 0.878. The van der Waals surface area contributed by atoms with E-state index in [1.165, 1.54) is 13.8 Å². The van der Waals surface area contributed by atoms with Crippen LogP contribution in [-0.2, 0) is 14.3 Å². The Morgan fingerprint density at radius 2 is 1.93 bits per heavy atom. The molecule has 5 nitrogen and oxygen atoms in total. The van der Waals surface area contributed by atoms with Gasteiger partial charge in [-0.3, -0.25) is 9.59 Å². The Kier molecular flexibility index (Phi) is 4.73. The first-order valence-electron chi connectivity index (χ1n) is 4.39. The van der Waals surface area contributed by atoms with Crippen molar-refractivity contribution in [2.24, 2.45) is 0 Å². The quantitative estimate of drug-likeness (QED) is 0.597. The minimum atomic E-state index is -1.63. The average molecular weight is 204 g/mol. The van der Waals surface area contributed by atoms with Crippen LogP contribution in [0.5, 0.6) is 0 Å². The van der Waals surface area contributed by atoms with Crippen LogP contribution in [0.4, 0.5) is 0 Å². The summed E-state index contributed by atoms with van der Waals surface area (Å²) >= 11 is 0. The van der Waals surface area contributed by atoms with Gasteiger partial charge >= 0.3 is 5.97 Å². The van der Waals surface area contributed by atoms with E-state index in [2.05, 4.69) is 4.74 Å². The van der Waals surface area contributed by atoms with Gasteiger partial charge in [0.05, 0.1) is 13.0 Å². The highest BCUT2D eigenvalue weighted by Crippen LogP contribution is 2.09. The van der Waals surface area contributed by atoms with Crippen molar-refractivity contribution in [2.45, 2.75) is 38.9 Å². The molecule has 0 aliphatic carbocycles. The van der Waals surface area contributed by atoms with Crippen molar-refractivity contribution >= 4 is 11.8 Å². The van der Waals surface area contributed by atoms with Crippen molar-refractivity contribution in [3.05, 3.63) is 0 Å². The highest BCUT2D eigenvalue weighted by Gasteiger charge is 2.31. The number of hydrogen-bond donors (Lipinski definition) is 2. The molecule has 0 fully saturated rings. The van der Waals surface area contributed by atoms with E-state index in [0.717, 1.165) is 0 Å². The fourth-order valence-corrected chi connectivity index (χ4v) is 0.878. The Morgan fingerprint density at radius 1 is 1.43 bits per heavy atom. The largest absolute Gasteiger partial charge is 0.466 e. The molecule has 0 bridgehead atoms. The molecular formula is C9H16O5. The second kappa shape index (κ2) is 5.07. The molecule has 0 rings (SSSR count). The fraction of sp³-hybridized carbons (Fsp3) is 0.778. The zero-order chi connectivity index (χ0) is 11.4. The van der Waals surface area contributed by atoms with E-state index in [0.29, 0.717) is 0 Å². The van der Waals surface area contributed by atoms with Gasteiger partial charge in [-0.1, -0.05) is 0 Å². The maximum absolute atomic E-state index is 11.2. The van der Waals surface area contributed by atoms with E-state index in [4.69, 9.17) is 0 Å². The SMILES string of the molecule is CCOC(=O)CC(O)C(=O)C(C)(C)O. The molecule has 0 spiro atoms. The van der Waals surface area contributed by atoms with Gasteiger partial charge in [0, 0.05) is 0 Å². The Bertz CT molecular complexity index is 216. The third-order valence-corrected chi connectivity index (χ3v) is 1.57. The smallest absolute Gasteiger partial charge is 0.308 e. The number of esters is 1. The molecule has 0 radical (unpaired) electrons. The summed E-state index contributed by atoms with van der Waals surface area (Å²) in [5.74, 6) is -1.44. The van der Waals surface area contributed by atoms with Crippen LogP contribution in [0.1, 0.15) is 27.2 Å². The number of ether oxygens (including phenoxy) is 1. The summed E-state index contributed by atoms with van der Waals surface area (Å²) in [5, 5.41) is 18.5. The van der Waals surface area contributed by atoms with Crippen LogP contribution in [0.15, 0.2) is 0 Å². The third kappa shape index (κ3) is 4.34. The monoisotopic (exact) mass is 204 g/mol. The van der Waals surface area contributed by atoms with Gasteiger partial charge in [0.2, 0.25) is 0 Å². The van der Waals surface area contributed by atoms with Gasteiger partial charge in [-0.2, -0.15) is 0 Å². The van der Waals surface area contributed by atoms with Crippen LogP contribution in [0.2, 0.25) is 0 Å². The Labute approximate surface area is 82.7 Å². The van der Waals surface area contributed by atoms with E-state index >= 15 is 0 Å². The predicted octanol–water partition coefficient (Wildman–Crippen LogP) is -0.360. The summed E-state index contributed by atoms with van der Waals surface area (Å²) in [4.78, 5) is 22.1. The first-order valence-corrected chi connectivity index (χ1v) is 4.39. The lowest BCUT2D eigenvalue weighted by Gasteiger charge is -2.18. The Morgan fingerprint density at radius 3 is 2.29 bits per heavy atom. The van der Waals surface area contributed by atoms with Crippen LogP contribution in [-0.4, -0.2) is 40.3 Å². The van der Waals surface area contributed by atoms with Crippen molar-refractivity contribution in [1.29, 1.82) is 0 Å². The lowest BCUT2D eigenvalue weighted by Crippen LogP contribution is -2.41. The number of rotatable bonds is 5. The van der Waals surface area contributed by atoms with Gasteiger partial charge in [0.25, 0.3) is 0 Å². The highest BCUT2D eigenvalue weighted by molar-refractivity contribution is 5.92. The van der Waals surface area contributed by atoms with Gasteiger partial charge in [0.15, 0.2) is 5.78 Å². The number of carbonyl (C=O) groups is 2. The van der Waals surface area contributed by atoms with E-state index in [9.17, 15) is 19.8 Å². The number of carbonyl (C=O) groups excluding carboxylic acids is 2. The van der Waals surface area contributed by atoms with E-state index in [1.54, 1.807) is 6.92 Å². The van der Waals surface area contributed by atoms with Crippen LogP contribution >= 0.6 is 0 Å². The summed E-state index contributed by atoms with van der Waals surface area (Å²) in [6, 6.07) is 0. The van der Waals surface area contributed by atoms with Crippen LogP contribution in [0.3, 0.4) is 0 Å². The highest BCUT2D eigenvalue weighted by atomic mass is 16.5. The number of aliphatic hydroxyl groups is 2. The van der Waals surface area contributed by atoms with E-state index in [-0.39, 0.29) is 6.61 Å². The molecule has 0 aromatic carbocycles. The second-order valence-corrected chi connectivity index (χ2v) is 3.45. The Hall–Kier alpha value is -0.940. The van der Waals surface area contributed by atoms with Crippen LogP contribution < -0.4 is 0 Å². The van der Waals surface area contributed by atoms with Crippen LogP contribution in [0, 0.1) is 0 Å².